The number of hydrogen-bond donors (Lipinski definition) is 1. The second-order valence-corrected chi connectivity index (χ2v) is 8.56. The minimum absolute atomic E-state index is 0.230. The Labute approximate surface area is 128 Å². The molecule has 1 atom stereocenters. The summed E-state index contributed by atoms with van der Waals surface area (Å²) in [5.41, 5.74) is 2.79. The largest absolute Gasteiger partial charge is 0.496 e. The van der Waals surface area contributed by atoms with Crippen LogP contribution in [-0.4, -0.2) is 44.6 Å². The first-order chi connectivity index (χ1) is 9.56. The molecule has 1 N–H and O–H groups in total. The lowest BCUT2D eigenvalue weighted by atomic mass is 9.95. The third-order valence-corrected chi connectivity index (χ3v) is 6.49. The molecule has 0 aliphatic rings. The summed E-state index contributed by atoms with van der Waals surface area (Å²) in [6.07, 6.45) is 3.56. The Kier molecular flexibility index (Phi) is 5.39. The minimum atomic E-state index is -3.19. The van der Waals surface area contributed by atoms with E-state index in [0.29, 0.717) is 6.42 Å². The third-order valence-electron chi connectivity index (χ3n) is 4.29. The maximum atomic E-state index is 12.0. The van der Waals surface area contributed by atoms with Gasteiger partial charge in [0.1, 0.15) is 5.75 Å². The predicted molar refractivity (Wildman–Crippen MR) is 85.7 cm³/mol. The van der Waals surface area contributed by atoms with Crippen LogP contribution in [0.2, 0.25) is 0 Å². The molecule has 1 aromatic rings. The average molecular weight is 314 g/mol. The molecule has 0 aliphatic heterocycles. The topological polar surface area (TPSA) is 68.3 Å². The van der Waals surface area contributed by atoms with Crippen molar-refractivity contribution in [1.29, 1.82) is 0 Å². The fraction of sp³-hybridized carbons (Fsp3) is 0.667. The molecule has 0 amide bonds. The van der Waals surface area contributed by atoms with E-state index in [0.717, 1.165) is 22.6 Å². The van der Waals surface area contributed by atoms with Gasteiger partial charge in [0, 0.05) is 41.7 Å². The lowest BCUT2D eigenvalue weighted by molar-refractivity contribution is 0.402. The summed E-state index contributed by atoms with van der Waals surface area (Å²) in [5, 5.41) is 3.12. The zero-order chi connectivity index (χ0) is 16.4. The third kappa shape index (κ3) is 3.55. The van der Waals surface area contributed by atoms with Gasteiger partial charge in [0.2, 0.25) is 0 Å². The zero-order valence-electron chi connectivity index (χ0n) is 13.9. The first-order valence-electron chi connectivity index (χ1n) is 6.92. The van der Waals surface area contributed by atoms with E-state index in [4.69, 9.17) is 4.74 Å². The van der Waals surface area contributed by atoms with Gasteiger partial charge in [-0.05, 0) is 34.7 Å². The Morgan fingerprint density at radius 2 is 1.95 bits per heavy atom. The van der Waals surface area contributed by atoms with Crippen LogP contribution in [0.5, 0.6) is 5.75 Å². The summed E-state index contributed by atoms with van der Waals surface area (Å²) in [6, 6.07) is -0.230. The molecule has 5 nitrogen and oxygen atoms in total. The molecule has 1 rings (SSSR count). The van der Waals surface area contributed by atoms with Crippen LogP contribution in [0.15, 0.2) is 6.20 Å². The minimum Gasteiger partial charge on any atom is -0.496 e. The van der Waals surface area contributed by atoms with Crippen LogP contribution in [0.3, 0.4) is 0 Å². The van der Waals surface area contributed by atoms with E-state index in [2.05, 4.69) is 10.3 Å². The van der Waals surface area contributed by atoms with Crippen molar-refractivity contribution in [3.8, 4) is 5.75 Å². The van der Waals surface area contributed by atoms with Crippen molar-refractivity contribution in [2.75, 3.05) is 20.4 Å². The SMILES string of the molecule is CNC(Cc1ncc(C)c(OC)c1C)C(C)(C)S(C)(=O)=O. The number of aromatic nitrogens is 1. The average Bonchev–Trinajstić information content (AvgIpc) is 2.37. The van der Waals surface area contributed by atoms with Gasteiger partial charge in [0.25, 0.3) is 0 Å². The number of nitrogens with one attached hydrogen (secondary N) is 1. The highest BCUT2D eigenvalue weighted by molar-refractivity contribution is 7.92. The highest BCUT2D eigenvalue weighted by atomic mass is 32.2. The second kappa shape index (κ2) is 6.32. The smallest absolute Gasteiger partial charge is 0.154 e. The Morgan fingerprint density at radius 1 is 1.38 bits per heavy atom. The Balaban J connectivity index is 3.20. The summed E-state index contributed by atoms with van der Waals surface area (Å²) in [7, 11) is 0.218. The number of pyridine rings is 1. The fourth-order valence-corrected chi connectivity index (χ4v) is 3.14. The lowest BCUT2D eigenvalue weighted by Crippen LogP contribution is -2.51. The summed E-state index contributed by atoms with van der Waals surface area (Å²) < 4.78 is 28.6. The van der Waals surface area contributed by atoms with Crippen LogP contribution in [0.4, 0.5) is 0 Å². The maximum absolute atomic E-state index is 12.0. The van der Waals surface area contributed by atoms with Crippen molar-refractivity contribution in [2.24, 2.45) is 0 Å². The molecule has 0 aromatic carbocycles. The molecule has 0 bridgehead atoms. The zero-order valence-corrected chi connectivity index (χ0v) is 14.8. The number of hydrogen-bond acceptors (Lipinski definition) is 5. The van der Waals surface area contributed by atoms with Crippen molar-refractivity contribution < 1.29 is 13.2 Å². The standard InChI is InChI=1S/C15H26N2O3S/c1-10-9-17-12(11(2)14(10)20-6)8-13(16-5)15(3,4)21(7,18)19/h9,13,16H,8H2,1-7H3. The van der Waals surface area contributed by atoms with Crippen LogP contribution in [0.1, 0.15) is 30.7 Å². The molecule has 21 heavy (non-hydrogen) atoms. The van der Waals surface area contributed by atoms with Gasteiger partial charge in [-0.25, -0.2) is 8.42 Å². The second-order valence-electron chi connectivity index (χ2n) is 5.97. The molecule has 0 saturated heterocycles. The van der Waals surface area contributed by atoms with Gasteiger partial charge in [0.15, 0.2) is 9.84 Å². The molecule has 0 spiro atoms. The summed E-state index contributed by atoms with van der Waals surface area (Å²) in [4.78, 5) is 4.45. The molecular weight excluding hydrogens is 288 g/mol. The van der Waals surface area contributed by atoms with E-state index in [9.17, 15) is 8.42 Å². The van der Waals surface area contributed by atoms with Crippen molar-refractivity contribution in [3.05, 3.63) is 23.0 Å². The fourth-order valence-electron chi connectivity index (χ4n) is 2.42. The normalized spacial score (nSPS) is 14.0. The van der Waals surface area contributed by atoms with Gasteiger partial charge in [-0.1, -0.05) is 0 Å². The monoisotopic (exact) mass is 314 g/mol. The van der Waals surface area contributed by atoms with Gasteiger partial charge in [0.05, 0.1) is 11.9 Å². The predicted octanol–water partition coefficient (Wildman–Crippen LogP) is 1.66. The number of ether oxygens (including phenoxy) is 1. The van der Waals surface area contributed by atoms with E-state index in [1.807, 2.05) is 13.8 Å². The van der Waals surface area contributed by atoms with Gasteiger partial charge >= 0.3 is 0 Å². The van der Waals surface area contributed by atoms with E-state index >= 15 is 0 Å². The Morgan fingerprint density at radius 3 is 2.38 bits per heavy atom. The van der Waals surface area contributed by atoms with Crippen molar-refractivity contribution in [2.45, 2.75) is 44.9 Å². The van der Waals surface area contributed by atoms with Gasteiger partial charge in [-0.2, -0.15) is 0 Å². The molecule has 0 aliphatic carbocycles. The van der Waals surface area contributed by atoms with Crippen molar-refractivity contribution in [1.82, 2.24) is 10.3 Å². The number of rotatable bonds is 6. The number of sulfone groups is 1. The van der Waals surface area contributed by atoms with E-state index in [1.54, 1.807) is 34.2 Å². The Hall–Kier alpha value is -1.14. The van der Waals surface area contributed by atoms with Crippen molar-refractivity contribution >= 4 is 9.84 Å². The summed E-state index contributed by atoms with van der Waals surface area (Å²) in [6.45, 7) is 7.38. The molecule has 0 saturated carbocycles. The number of aryl methyl sites for hydroxylation is 1. The Bertz CT molecular complexity index is 610. The van der Waals surface area contributed by atoms with E-state index in [-0.39, 0.29) is 6.04 Å². The molecule has 1 heterocycles. The van der Waals surface area contributed by atoms with Crippen LogP contribution < -0.4 is 10.1 Å². The molecule has 0 radical (unpaired) electrons. The number of likely N-dealkylation sites (N-methyl/N-ethyl adjacent to an activating group) is 1. The van der Waals surface area contributed by atoms with Crippen LogP contribution in [0.25, 0.3) is 0 Å². The molecule has 1 aromatic heterocycles. The quantitative estimate of drug-likeness (QED) is 0.865. The van der Waals surface area contributed by atoms with Crippen LogP contribution in [-0.2, 0) is 16.3 Å². The molecule has 120 valence electrons. The van der Waals surface area contributed by atoms with Gasteiger partial charge in [-0.3, -0.25) is 4.98 Å². The molecule has 6 heteroatoms. The lowest BCUT2D eigenvalue weighted by Gasteiger charge is -2.32. The van der Waals surface area contributed by atoms with Crippen LogP contribution in [0, 0.1) is 13.8 Å². The molecule has 1 unspecified atom stereocenters. The first kappa shape index (κ1) is 17.9. The molecular formula is C15H26N2O3S. The first-order valence-corrected chi connectivity index (χ1v) is 8.81. The number of nitrogens with zero attached hydrogens (tertiary/aromatic N) is 1. The van der Waals surface area contributed by atoms with E-state index < -0.39 is 14.6 Å². The van der Waals surface area contributed by atoms with Crippen molar-refractivity contribution in [3.63, 3.8) is 0 Å². The maximum Gasteiger partial charge on any atom is 0.154 e. The van der Waals surface area contributed by atoms with Gasteiger partial charge < -0.3 is 10.1 Å². The highest BCUT2D eigenvalue weighted by Crippen LogP contribution is 2.28. The van der Waals surface area contributed by atoms with Gasteiger partial charge in [-0.15, -0.1) is 0 Å². The van der Waals surface area contributed by atoms with Crippen LogP contribution >= 0.6 is 0 Å². The summed E-state index contributed by atoms with van der Waals surface area (Å²) >= 11 is 0. The summed E-state index contributed by atoms with van der Waals surface area (Å²) in [5.74, 6) is 0.812. The highest BCUT2D eigenvalue weighted by Gasteiger charge is 2.38. The van der Waals surface area contributed by atoms with E-state index in [1.165, 1.54) is 6.26 Å². The number of methoxy groups -OCH3 is 1. The molecule has 0 fully saturated rings.